The molecule has 0 saturated carbocycles. The molecule has 0 bridgehead atoms. The molecule has 4 rings (SSSR count). The smallest absolute Gasteiger partial charge is 0.305 e. The van der Waals surface area contributed by atoms with Crippen molar-refractivity contribution >= 4 is 38.5 Å². The summed E-state index contributed by atoms with van der Waals surface area (Å²) in [7, 11) is 0. The molecule has 2 N–H and O–H groups in total. The molecule has 1 atom stereocenters. The van der Waals surface area contributed by atoms with Gasteiger partial charge in [0, 0.05) is 56.3 Å². The summed E-state index contributed by atoms with van der Waals surface area (Å²) in [5.41, 5.74) is 7.49. The van der Waals surface area contributed by atoms with Crippen LogP contribution in [-0.4, -0.2) is 63.8 Å². The minimum absolute atomic E-state index is 0.126. The second-order valence-electron chi connectivity index (χ2n) is 7.74. The monoisotopic (exact) mass is 471 g/mol. The van der Waals surface area contributed by atoms with E-state index in [0.717, 1.165) is 53.1 Å². The fourth-order valence-electron chi connectivity index (χ4n) is 3.80. The summed E-state index contributed by atoms with van der Waals surface area (Å²) in [5.74, 6) is 0.126. The van der Waals surface area contributed by atoms with Crippen LogP contribution in [0.5, 0.6) is 0 Å². The Morgan fingerprint density at radius 1 is 1.27 bits per heavy atom. The Balaban J connectivity index is 1.45. The largest absolute Gasteiger partial charge is 0.466 e. The summed E-state index contributed by atoms with van der Waals surface area (Å²) >= 11 is 1.68. The topological polar surface area (TPSA) is 120 Å². The van der Waals surface area contributed by atoms with Crippen molar-refractivity contribution in [2.45, 2.75) is 38.7 Å². The van der Waals surface area contributed by atoms with Crippen molar-refractivity contribution in [3.05, 3.63) is 36.5 Å². The van der Waals surface area contributed by atoms with Gasteiger partial charge in [0.05, 0.1) is 23.4 Å². The molecule has 3 aromatic heterocycles. The molecule has 1 unspecified atom stereocenters. The zero-order valence-corrected chi connectivity index (χ0v) is 19.5. The van der Waals surface area contributed by atoms with E-state index in [2.05, 4.69) is 36.0 Å². The standard InChI is InChI=1S/C22H29N7O3S/c1-2-31-21(30)6-4-3-5-7-29(20-10-17-19(33-20)13-24-15-27-17)28-8-9-32-18(14-28)16-11-25-22(23)26-12-16/h10-13,15,18H,2-9,14H2,1H3,(H2,23,25,26). The average Bonchev–Trinajstić information content (AvgIpc) is 3.26. The van der Waals surface area contributed by atoms with Gasteiger partial charge in [-0.2, -0.15) is 0 Å². The predicted octanol–water partition coefficient (Wildman–Crippen LogP) is 2.98. The SMILES string of the molecule is CCOC(=O)CCCCCN(c1cc2ncncc2s1)N1CCOC(c2cnc(N)nc2)C1. The van der Waals surface area contributed by atoms with E-state index in [1.54, 1.807) is 30.1 Å². The highest BCUT2D eigenvalue weighted by molar-refractivity contribution is 7.22. The van der Waals surface area contributed by atoms with E-state index >= 15 is 0 Å². The van der Waals surface area contributed by atoms with Crippen LogP contribution in [0.2, 0.25) is 0 Å². The van der Waals surface area contributed by atoms with Gasteiger partial charge in [-0.1, -0.05) is 6.42 Å². The highest BCUT2D eigenvalue weighted by Gasteiger charge is 2.28. The molecule has 0 radical (unpaired) electrons. The van der Waals surface area contributed by atoms with Crippen molar-refractivity contribution in [2.75, 3.05) is 43.6 Å². The molecule has 11 heteroatoms. The molecule has 33 heavy (non-hydrogen) atoms. The maximum absolute atomic E-state index is 11.6. The zero-order chi connectivity index (χ0) is 23.0. The van der Waals surface area contributed by atoms with Gasteiger partial charge in [0.2, 0.25) is 5.95 Å². The summed E-state index contributed by atoms with van der Waals surface area (Å²) < 4.78 is 12.1. The van der Waals surface area contributed by atoms with Crippen LogP contribution in [0.1, 0.15) is 44.3 Å². The first-order valence-electron chi connectivity index (χ1n) is 11.2. The number of carbonyl (C=O) groups excluding carboxylic acids is 1. The molecule has 3 aromatic rings. The number of hydrogen-bond acceptors (Lipinski definition) is 11. The first kappa shape index (κ1) is 23.3. The third-order valence-electron chi connectivity index (χ3n) is 5.44. The molecule has 0 aromatic carbocycles. The molecule has 1 aliphatic rings. The van der Waals surface area contributed by atoms with Crippen LogP contribution in [0, 0.1) is 0 Å². The van der Waals surface area contributed by atoms with Gasteiger partial charge in [-0.15, -0.1) is 11.3 Å². The number of esters is 1. The highest BCUT2D eigenvalue weighted by Crippen LogP contribution is 2.33. The van der Waals surface area contributed by atoms with Crippen molar-refractivity contribution in [3.63, 3.8) is 0 Å². The van der Waals surface area contributed by atoms with Crippen LogP contribution in [0.15, 0.2) is 31.0 Å². The number of hydrazine groups is 1. The summed E-state index contributed by atoms with van der Waals surface area (Å²) in [6, 6.07) is 2.11. The van der Waals surface area contributed by atoms with Gasteiger partial charge >= 0.3 is 5.97 Å². The van der Waals surface area contributed by atoms with Gasteiger partial charge in [0.15, 0.2) is 0 Å². The van der Waals surface area contributed by atoms with Gasteiger partial charge in [0.25, 0.3) is 0 Å². The second kappa shape index (κ2) is 11.3. The number of rotatable bonds is 10. The van der Waals surface area contributed by atoms with Crippen molar-refractivity contribution in [3.8, 4) is 0 Å². The van der Waals surface area contributed by atoms with Crippen LogP contribution in [0.25, 0.3) is 10.2 Å². The summed E-state index contributed by atoms with van der Waals surface area (Å²) in [6.45, 7) is 5.13. The Hall–Kier alpha value is -2.89. The van der Waals surface area contributed by atoms with Gasteiger partial charge in [0.1, 0.15) is 17.4 Å². The zero-order valence-electron chi connectivity index (χ0n) is 18.7. The average molecular weight is 472 g/mol. The summed E-state index contributed by atoms with van der Waals surface area (Å²) in [6.07, 6.45) is 9.91. The number of aromatic nitrogens is 4. The van der Waals surface area contributed by atoms with Crippen LogP contribution < -0.4 is 10.7 Å². The lowest BCUT2D eigenvalue weighted by Gasteiger charge is -2.41. The Morgan fingerprint density at radius 3 is 2.91 bits per heavy atom. The lowest BCUT2D eigenvalue weighted by Crippen LogP contribution is -2.50. The van der Waals surface area contributed by atoms with E-state index < -0.39 is 0 Å². The highest BCUT2D eigenvalue weighted by atomic mass is 32.1. The Bertz CT molecular complexity index is 1010. The summed E-state index contributed by atoms with van der Waals surface area (Å²) in [5, 5.41) is 5.74. The van der Waals surface area contributed by atoms with Gasteiger partial charge in [-0.25, -0.2) is 24.9 Å². The van der Waals surface area contributed by atoms with E-state index in [0.29, 0.717) is 26.2 Å². The second-order valence-corrected chi connectivity index (χ2v) is 8.80. The molecule has 4 heterocycles. The molecular weight excluding hydrogens is 442 g/mol. The van der Waals surface area contributed by atoms with Gasteiger partial charge in [-0.3, -0.25) is 9.80 Å². The van der Waals surface area contributed by atoms with Crippen LogP contribution in [0.3, 0.4) is 0 Å². The number of fused-ring (bicyclic) bond motifs is 1. The third-order valence-corrected chi connectivity index (χ3v) is 6.52. The van der Waals surface area contributed by atoms with E-state index in [4.69, 9.17) is 15.2 Å². The molecule has 1 aliphatic heterocycles. The minimum atomic E-state index is -0.139. The molecule has 0 spiro atoms. The van der Waals surface area contributed by atoms with E-state index in [9.17, 15) is 4.79 Å². The predicted molar refractivity (Wildman–Crippen MR) is 127 cm³/mol. The van der Waals surface area contributed by atoms with Crippen molar-refractivity contribution in [1.82, 2.24) is 24.9 Å². The number of nitrogens with two attached hydrogens (primary N) is 1. The van der Waals surface area contributed by atoms with Crippen LogP contribution >= 0.6 is 11.3 Å². The van der Waals surface area contributed by atoms with Gasteiger partial charge in [-0.05, 0) is 19.8 Å². The van der Waals surface area contributed by atoms with E-state index in [-0.39, 0.29) is 18.0 Å². The normalized spacial score (nSPS) is 16.7. The number of unbranched alkanes of at least 4 members (excludes halogenated alkanes) is 2. The lowest BCUT2D eigenvalue weighted by atomic mass is 10.1. The minimum Gasteiger partial charge on any atom is -0.466 e. The number of ether oxygens (including phenoxy) is 2. The van der Waals surface area contributed by atoms with Crippen LogP contribution in [0.4, 0.5) is 10.9 Å². The molecule has 1 saturated heterocycles. The number of carbonyl (C=O) groups is 1. The van der Waals surface area contributed by atoms with Crippen molar-refractivity contribution in [1.29, 1.82) is 0 Å². The fraction of sp³-hybridized carbons (Fsp3) is 0.500. The van der Waals surface area contributed by atoms with E-state index in [1.807, 2.05) is 13.1 Å². The quantitative estimate of drug-likeness (QED) is 0.349. The number of nitrogen functional groups attached to an aromatic ring is 1. The molecule has 1 fully saturated rings. The number of anilines is 2. The fourth-order valence-corrected chi connectivity index (χ4v) is 4.84. The van der Waals surface area contributed by atoms with E-state index in [1.165, 1.54) is 0 Å². The molecule has 0 aliphatic carbocycles. The first-order valence-corrected chi connectivity index (χ1v) is 12.0. The number of nitrogens with zero attached hydrogens (tertiary/aromatic N) is 6. The Kier molecular flexibility index (Phi) is 7.97. The maximum Gasteiger partial charge on any atom is 0.305 e. The Labute approximate surface area is 196 Å². The molecule has 176 valence electrons. The maximum atomic E-state index is 11.6. The van der Waals surface area contributed by atoms with Crippen molar-refractivity contribution in [2.24, 2.45) is 0 Å². The third kappa shape index (κ3) is 6.12. The number of morpholine rings is 1. The lowest BCUT2D eigenvalue weighted by molar-refractivity contribution is -0.143. The first-order chi connectivity index (χ1) is 16.1. The van der Waals surface area contributed by atoms with Gasteiger partial charge < -0.3 is 15.2 Å². The molecule has 10 nitrogen and oxygen atoms in total. The van der Waals surface area contributed by atoms with Crippen molar-refractivity contribution < 1.29 is 14.3 Å². The summed E-state index contributed by atoms with van der Waals surface area (Å²) in [4.78, 5) is 28.4. The van der Waals surface area contributed by atoms with Crippen LogP contribution in [-0.2, 0) is 14.3 Å². The Morgan fingerprint density at radius 2 is 2.12 bits per heavy atom. The molecular formula is C22H29N7O3S. The molecule has 0 amide bonds. The number of hydrogen-bond donors (Lipinski definition) is 1. The number of thiophene rings is 1.